The molecular formula is C13H6Cl3NO4. The fraction of sp³-hybridized carbons (Fsp3) is 0. The van der Waals surface area contributed by atoms with Gasteiger partial charge in [0.1, 0.15) is 0 Å². The van der Waals surface area contributed by atoms with Crippen molar-refractivity contribution < 1.29 is 14.5 Å². The number of rotatable bonds is 4. The van der Waals surface area contributed by atoms with E-state index >= 15 is 0 Å². The zero-order valence-corrected chi connectivity index (χ0v) is 12.4. The Bertz CT molecular complexity index is 710. The van der Waals surface area contributed by atoms with Crippen molar-refractivity contribution >= 4 is 45.7 Å². The second-order valence-corrected chi connectivity index (χ2v) is 5.03. The average molecular weight is 347 g/mol. The summed E-state index contributed by atoms with van der Waals surface area (Å²) in [5, 5.41) is 10.2. The maximum Gasteiger partial charge on any atom is 0.311 e. The summed E-state index contributed by atoms with van der Waals surface area (Å²) in [7, 11) is 0. The molecule has 2 aromatic rings. The SMILES string of the molecule is O=C(Cl)c1cc(Cl)c(Oc2ccccc2[N+](=O)[O-])c(Cl)c1. The summed E-state index contributed by atoms with van der Waals surface area (Å²) >= 11 is 17.3. The first-order valence-electron chi connectivity index (χ1n) is 5.50. The number of ether oxygens (including phenoxy) is 1. The average Bonchev–Trinajstić information content (AvgIpc) is 2.42. The summed E-state index contributed by atoms with van der Waals surface area (Å²) in [4.78, 5) is 21.4. The Labute approximate surface area is 134 Å². The molecule has 2 aromatic carbocycles. The normalized spacial score (nSPS) is 10.2. The van der Waals surface area contributed by atoms with Crippen LogP contribution >= 0.6 is 34.8 Å². The third kappa shape index (κ3) is 3.44. The summed E-state index contributed by atoms with van der Waals surface area (Å²) in [6.45, 7) is 0. The molecule has 0 aliphatic rings. The second kappa shape index (κ2) is 6.30. The van der Waals surface area contributed by atoms with Crippen molar-refractivity contribution in [2.24, 2.45) is 0 Å². The van der Waals surface area contributed by atoms with Gasteiger partial charge in [-0.05, 0) is 29.8 Å². The molecule has 0 spiro atoms. The summed E-state index contributed by atoms with van der Waals surface area (Å²) < 4.78 is 5.41. The molecule has 8 heteroatoms. The van der Waals surface area contributed by atoms with Crippen molar-refractivity contribution in [3.8, 4) is 11.5 Å². The second-order valence-electron chi connectivity index (χ2n) is 3.87. The van der Waals surface area contributed by atoms with Crippen molar-refractivity contribution in [2.75, 3.05) is 0 Å². The van der Waals surface area contributed by atoms with E-state index in [9.17, 15) is 14.9 Å². The minimum Gasteiger partial charge on any atom is -0.447 e. The number of nitro benzene ring substituents is 1. The van der Waals surface area contributed by atoms with Crippen LogP contribution in [0.4, 0.5) is 5.69 Å². The maximum atomic E-state index is 11.1. The van der Waals surface area contributed by atoms with Crippen LogP contribution in [0.2, 0.25) is 10.0 Å². The van der Waals surface area contributed by atoms with Gasteiger partial charge < -0.3 is 4.74 Å². The van der Waals surface area contributed by atoms with Gasteiger partial charge in [-0.25, -0.2) is 0 Å². The van der Waals surface area contributed by atoms with Crippen LogP contribution in [0, 0.1) is 10.1 Å². The van der Waals surface area contributed by atoms with Crippen LogP contribution in [0.3, 0.4) is 0 Å². The maximum absolute atomic E-state index is 11.1. The molecule has 0 atom stereocenters. The lowest BCUT2D eigenvalue weighted by Gasteiger charge is -2.10. The number of benzene rings is 2. The molecule has 0 amide bonds. The Morgan fingerprint density at radius 3 is 2.24 bits per heavy atom. The van der Waals surface area contributed by atoms with E-state index in [2.05, 4.69) is 0 Å². The van der Waals surface area contributed by atoms with Gasteiger partial charge in [0.15, 0.2) is 5.75 Å². The highest BCUT2D eigenvalue weighted by Gasteiger charge is 2.19. The van der Waals surface area contributed by atoms with Crippen molar-refractivity contribution in [3.63, 3.8) is 0 Å². The molecule has 0 aliphatic heterocycles. The molecule has 21 heavy (non-hydrogen) atoms. The van der Waals surface area contributed by atoms with E-state index in [1.165, 1.54) is 30.3 Å². The fourth-order valence-electron chi connectivity index (χ4n) is 1.58. The van der Waals surface area contributed by atoms with Gasteiger partial charge in [0.25, 0.3) is 5.24 Å². The summed E-state index contributed by atoms with van der Waals surface area (Å²) in [6, 6.07) is 8.31. The van der Waals surface area contributed by atoms with Crippen molar-refractivity contribution in [1.29, 1.82) is 0 Å². The standard InChI is InChI=1S/C13H6Cl3NO4/c14-8-5-7(13(16)18)6-9(15)12(8)21-11-4-2-1-3-10(11)17(19)20/h1-6H. The molecule has 0 aromatic heterocycles. The monoisotopic (exact) mass is 345 g/mol. The van der Waals surface area contributed by atoms with Gasteiger partial charge in [-0.3, -0.25) is 14.9 Å². The Hall–Kier alpha value is -1.82. The zero-order valence-electron chi connectivity index (χ0n) is 10.2. The lowest BCUT2D eigenvalue weighted by atomic mass is 10.2. The molecule has 2 rings (SSSR count). The van der Waals surface area contributed by atoms with Crippen LogP contribution in [0.25, 0.3) is 0 Å². The van der Waals surface area contributed by atoms with Gasteiger partial charge in [0, 0.05) is 11.6 Å². The number of carbonyl (C=O) groups is 1. The number of nitrogens with zero attached hydrogens (tertiary/aromatic N) is 1. The Kier molecular flexibility index (Phi) is 4.67. The van der Waals surface area contributed by atoms with Crippen LogP contribution in [-0.4, -0.2) is 10.2 Å². The largest absolute Gasteiger partial charge is 0.447 e. The lowest BCUT2D eigenvalue weighted by molar-refractivity contribution is -0.385. The van der Waals surface area contributed by atoms with Crippen molar-refractivity contribution in [3.05, 3.63) is 62.1 Å². The van der Waals surface area contributed by atoms with Gasteiger partial charge in [0.2, 0.25) is 5.75 Å². The number of nitro groups is 1. The molecule has 0 unspecified atom stereocenters. The van der Waals surface area contributed by atoms with Gasteiger partial charge in [-0.15, -0.1) is 0 Å². The first-order valence-corrected chi connectivity index (χ1v) is 6.63. The first-order chi connectivity index (χ1) is 9.90. The van der Waals surface area contributed by atoms with E-state index in [-0.39, 0.29) is 32.8 Å². The van der Waals surface area contributed by atoms with Gasteiger partial charge in [-0.1, -0.05) is 35.3 Å². The van der Waals surface area contributed by atoms with Gasteiger partial charge >= 0.3 is 5.69 Å². The molecule has 0 radical (unpaired) electrons. The lowest BCUT2D eigenvalue weighted by Crippen LogP contribution is -1.95. The number of halogens is 3. The topological polar surface area (TPSA) is 69.4 Å². The van der Waals surface area contributed by atoms with E-state index in [4.69, 9.17) is 39.5 Å². The minimum absolute atomic E-state index is 0.00861. The summed E-state index contributed by atoms with van der Waals surface area (Å²) in [6.07, 6.45) is 0. The molecule has 0 fully saturated rings. The Morgan fingerprint density at radius 1 is 1.14 bits per heavy atom. The van der Waals surface area contributed by atoms with Crippen LogP contribution in [0.1, 0.15) is 10.4 Å². The van der Waals surface area contributed by atoms with Gasteiger partial charge in [0.05, 0.1) is 15.0 Å². The predicted molar refractivity (Wildman–Crippen MR) is 79.8 cm³/mol. The van der Waals surface area contributed by atoms with Crippen LogP contribution < -0.4 is 4.74 Å². The number of hydrogen-bond donors (Lipinski definition) is 0. The third-order valence-corrected chi connectivity index (χ3v) is 3.28. The molecule has 0 heterocycles. The highest BCUT2D eigenvalue weighted by atomic mass is 35.5. The highest BCUT2D eigenvalue weighted by molar-refractivity contribution is 6.68. The first kappa shape index (κ1) is 15.6. The van der Waals surface area contributed by atoms with Crippen LogP contribution in [0.5, 0.6) is 11.5 Å². The van der Waals surface area contributed by atoms with Crippen molar-refractivity contribution in [1.82, 2.24) is 0 Å². The van der Waals surface area contributed by atoms with E-state index in [0.717, 1.165) is 0 Å². The fourth-order valence-corrected chi connectivity index (χ4v) is 2.25. The van der Waals surface area contributed by atoms with Crippen LogP contribution in [-0.2, 0) is 0 Å². The molecule has 0 N–H and O–H groups in total. The third-order valence-electron chi connectivity index (χ3n) is 2.50. The smallest absolute Gasteiger partial charge is 0.311 e. The molecule has 5 nitrogen and oxygen atoms in total. The van der Waals surface area contributed by atoms with E-state index in [0.29, 0.717) is 0 Å². The number of hydrogen-bond acceptors (Lipinski definition) is 4. The zero-order chi connectivity index (χ0) is 15.6. The van der Waals surface area contributed by atoms with E-state index in [1.54, 1.807) is 6.07 Å². The van der Waals surface area contributed by atoms with Crippen molar-refractivity contribution in [2.45, 2.75) is 0 Å². The van der Waals surface area contributed by atoms with E-state index < -0.39 is 10.2 Å². The quantitative estimate of drug-likeness (QED) is 0.440. The Balaban J connectivity index is 2.46. The Morgan fingerprint density at radius 2 is 1.71 bits per heavy atom. The minimum atomic E-state index is -0.726. The molecular weight excluding hydrogens is 341 g/mol. The molecule has 0 aliphatic carbocycles. The predicted octanol–water partition coefficient (Wildman–Crippen LogP) is 5.07. The number of para-hydroxylation sites is 2. The van der Waals surface area contributed by atoms with Crippen LogP contribution in [0.15, 0.2) is 36.4 Å². The highest BCUT2D eigenvalue weighted by Crippen LogP contribution is 2.40. The molecule has 108 valence electrons. The number of carbonyl (C=O) groups excluding carboxylic acids is 1. The molecule has 0 saturated carbocycles. The summed E-state index contributed by atoms with van der Waals surface area (Å²) in [5.74, 6) is -0.00875. The summed E-state index contributed by atoms with van der Waals surface area (Å²) in [5.41, 5.74) is -0.135. The van der Waals surface area contributed by atoms with E-state index in [1.807, 2.05) is 0 Å². The molecule has 0 saturated heterocycles. The molecule has 0 bridgehead atoms. The van der Waals surface area contributed by atoms with Gasteiger partial charge in [-0.2, -0.15) is 0 Å².